The van der Waals surface area contributed by atoms with Crippen LogP contribution in [0, 0.1) is 0 Å². The fourth-order valence-electron chi connectivity index (χ4n) is 2.87. The van der Waals surface area contributed by atoms with Crippen molar-refractivity contribution in [1.29, 1.82) is 0 Å². The maximum absolute atomic E-state index is 12.5. The normalized spacial score (nSPS) is 10.4. The highest BCUT2D eigenvalue weighted by Crippen LogP contribution is 2.14. The third-order valence-corrected chi connectivity index (χ3v) is 4.41. The lowest BCUT2D eigenvalue weighted by Crippen LogP contribution is -2.36. The summed E-state index contributed by atoms with van der Waals surface area (Å²) in [6.07, 6.45) is 5.32. The van der Waals surface area contributed by atoms with Gasteiger partial charge in [0.25, 0.3) is 5.91 Å². The van der Waals surface area contributed by atoms with Crippen LogP contribution in [0.15, 0.2) is 67.3 Å². The molecular weight excluding hydrogens is 354 g/mol. The van der Waals surface area contributed by atoms with Gasteiger partial charge in [-0.1, -0.05) is 30.3 Å². The van der Waals surface area contributed by atoms with Crippen molar-refractivity contribution < 1.29 is 9.59 Å². The second kappa shape index (κ2) is 8.85. The Bertz CT molecular complexity index is 936. The molecule has 0 aliphatic carbocycles. The molecule has 0 aliphatic rings. The van der Waals surface area contributed by atoms with Crippen molar-refractivity contribution >= 4 is 11.9 Å². The van der Waals surface area contributed by atoms with Gasteiger partial charge in [0.15, 0.2) is 0 Å². The topological polar surface area (TPSA) is 79.3 Å². The molecule has 3 rings (SSSR count). The van der Waals surface area contributed by atoms with Crippen molar-refractivity contribution in [2.45, 2.75) is 13.1 Å². The van der Waals surface area contributed by atoms with E-state index in [4.69, 9.17) is 0 Å². The van der Waals surface area contributed by atoms with Crippen LogP contribution in [-0.4, -0.2) is 40.5 Å². The first-order valence-corrected chi connectivity index (χ1v) is 8.94. The van der Waals surface area contributed by atoms with Gasteiger partial charge in [-0.25, -0.2) is 9.78 Å². The van der Waals surface area contributed by atoms with Crippen molar-refractivity contribution in [2.75, 3.05) is 14.1 Å². The Kier molecular flexibility index (Phi) is 6.06. The second-order valence-corrected chi connectivity index (χ2v) is 6.39. The summed E-state index contributed by atoms with van der Waals surface area (Å²) in [5.74, 6) is -0.130. The quantitative estimate of drug-likeness (QED) is 0.693. The number of aromatic nitrogens is 2. The summed E-state index contributed by atoms with van der Waals surface area (Å²) in [6, 6.07) is 14.9. The van der Waals surface area contributed by atoms with Gasteiger partial charge in [0.2, 0.25) is 0 Å². The largest absolute Gasteiger partial charge is 0.355 e. The Morgan fingerprint density at radius 2 is 1.86 bits per heavy atom. The lowest BCUT2D eigenvalue weighted by Gasteiger charge is -2.19. The molecule has 0 aliphatic heterocycles. The van der Waals surface area contributed by atoms with Gasteiger partial charge < -0.3 is 20.1 Å². The van der Waals surface area contributed by atoms with Crippen LogP contribution in [0.1, 0.15) is 21.5 Å². The molecular formula is C21H23N5O2. The molecule has 1 aromatic heterocycles. The standard InChI is InChI=1S/C21H23N5O2/c1-22-20(27)17-9-7-16(8-10-17)14-25(2)21(28)24-13-18-5-3-4-6-19(18)26-12-11-23-15-26/h3-12,15H,13-14H2,1-2H3,(H,22,27)(H,24,28). The molecule has 144 valence electrons. The van der Waals surface area contributed by atoms with Gasteiger partial charge in [0, 0.05) is 45.1 Å². The van der Waals surface area contributed by atoms with Crippen LogP contribution < -0.4 is 10.6 Å². The zero-order chi connectivity index (χ0) is 19.9. The van der Waals surface area contributed by atoms with E-state index in [1.807, 2.05) is 47.2 Å². The van der Waals surface area contributed by atoms with Crippen LogP contribution >= 0.6 is 0 Å². The van der Waals surface area contributed by atoms with Crippen LogP contribution in [0.3, 0.4) is 0 Å². The van der Waals surface area contributed by atoms with E-state index in [1.165, 1.54) is 0 Å². The first-order valence-electron chi connectivity index (χ1n) is 8.94. The fourth-order valence-corrected chi connectivity index (χ4v) is 2.87. The minimum absolute atomic E-state index is 0.130. The van der Waals surface area contributed by atoms with Crippen molar-refractivity contribution in [3.05, 3.63) is 83.9 Å². The van der Waals surface area contributed by atoms with E-state index in [-0.39, 0.29) is 11.9 Å². The number of carbonyl (C=O) groups is 2. The van der Waals surface area contributed by atoms with Crippen LogP contribution in [0.25, 0.3) is 5.69 Å². The molecule has 3 amide bonds. The minimum Gasteiger partial charge on any atom is -0.355 e. The molecule has 7 nitrogen and oxygen atoms in total. The van der Waals surface area contributed by atoms with Gasteiger partial charge in [0.1, 0.15) is 0 Å². The highest BCUT2D eigenvalue weighted by atomic mass is 16.2. The summed E-state index contributed by atoms with van der Waals surface area (Å²) in [7, 11) is 3.34. The summed E-state index contributed by atoms with van der Waals surface area (Å²) in [4.78, 5) is 29.7. The van der Waals surface area contributed by atoms with Gasteiger partial charge >= 0.3 is 6.03 Å². The first kappa shape index (κ1) is 19.2. The summed E-state index contributed by atoms with van der Waals surface area (Å²) in [5.41, 5.74) is 3.52. The number of urea groups is 1. The van der Waals surface area contributed by atoms with Gasteiger partial charge in [-0.2, -0.15) is 0 Å². The highest BCUT2D eigenvalue weighted by Gasteiger charge is 2.11. The maximum Gasteiger partial charge on any atom is 0.317 e. The lowest BCUT2D eigenvalue weighted by molar-refractivity contribution is 0.0963. The second-order valence-electron chi connectivity index (χ2n) is 6.39. The van der Waals surface area contributed by atoms with Crippen LogP contribution in [0.2, 0.25) is 0 Å². The number of hydrogen-bond donors (Lipinski definition) is 2. The van der Waals surface area contributed by atoms with Gasteiger partial charge in [0.05, 0.1) is 12.0 Å². The number of hydrogen-bond acceptors (Lipinski definition) is 3. The molecule has 1 heterocycles. The molecule has 7 heteroatoms. The zero-order valence-electron chi connectivity index (χ0n) is 15.9. The molecule has 0 saturated heterocycles. The minimum atomic E-state index is -0.171. The van der Waals surface area contributed by atoms with E-state index in [0.717, 1.165) is 16.8 Å². The number of para-hydroxylation sites is 1. The molecule has 0 radical (unpaired) electrons. The van der Waals surface area contributed by atoms with Gasteiger partial charge in [-0.15, -0.1) is 0 Å². The van der Waals surface area contributed by atoms with Crippen molar-refractivity contribution in [1.82, 2.24) is 25.1 Å². The smallest absolute Gasteiger partial charge is 0.317 e. The average Bonchev–Trinajstić information content (AvgIpc) is 3.26. The third kappa shape index (κ3) is 4.56. The molecule has 2 aromatic carbocycles. The van der Waals surface area contributed by atoms with E-state index in [1.54, 1.807) is 43.7 Å². The molecule has 0 unspecified atom stereocenters. The Morgan fingerprint density at radius 3 is 2.54 bits per heavy atom. The molecule has 0 atom stereocenters. The van der Waals surface area contributed by atoms with Crippen LogP contribution in [-0.2, 0) is 13.1 Å². The number of imidazole rings is 1. The first-order chi connectivity index (χ1) is 13.6. The number of carbonyl (C=O) groups excluding carboxylic acids is 2. The molecule has 0 fully saturated rings. The molecule has 0 saturated carbocycles. The molecule has 0 spiro atoms. The zero-order valence-corrected chi connectivity index (χ0v) is 15.9. The van der Waals surface area contributed by atoms with E-state index in [9.17, 15) is 9.59 Å². The number of benzene rings is 2. The van der Waals surface area contributed by atoms with Crippen molar-refractivity contribution in [2.24, 2.45) is 0 Å². The SMILES string of the molecule is CNC(=O)c1ccc(CN(C)C(=O)NCc2ccccc2-n2ccnc2)cc1. The summed E-state index contributed by atoms with van der Waals surface area (Å²) in [5, 5.41) is 5.54. The predicted molar refractivity (Wildman–Crippen MR) is 107 cm³/mol. The molecule has 28 heavy (non-hydrogen) atoms. The van der Waals surface area contributed by atoms with E-state index in [0.29, 0.717) is 18.7 Å². The van der Waals surface area contributed by atoms with Gasteiger partial charge in [-0.05, 0) is 29.3 Å². The molecule has 0 bridgehead atoms. The summed E-state index contributed by atoms with van der Waals surface area (Å²) >= 11 is 0. The average molecular weight is 377 g/mol. The van der Waals surface area contributed by atoms with E-state index < -0.39 is 0 Å². The van der Waals surface area contributed by atoms with Crippen LogP contribution in [0.5, 0.6) is 0 Å². The summed E-state index contributed by atoms with van der Waals surface area (Å²) in [6.45, 7) is 0.857. The van der Waals surface area contributed by atoms with Crippen molar-refractivity contribution in [3.8, 4) is 5.69 Å². The summed E-state index contributed by atoms with van der Waals surface area (Å²) < 4.78 is 1.92. The Hall–Kier alpha value is -3.61. The maximum atomic E-state index is 12.5. The Morgan fingerprint density at radius 1 is 1.11 bits per heavy atom. The van der Waals surface area contributed by atoms with Crippen LogP contribution in [0.4, 0.5) is 4.79 Å². The monoisotopic (exact) mass is 377 g/mol. The number of rotatable bonds is 6. The lowest BCUT2D eigenvalue weighted by atomic mass is 10.1. The van der Waals surface area contributed by atoms with E-state index in [2.05, 4.69) is 15.6 Å². The predicted octanol–water partition coefficient (Wildman–Crippen LogP) is 2.57. The highest BCUT2D eigenvalue weighted by molar-refractivity contribution is 5.93. The van der Waals surface area contributed by atoms with E-state index >= 15 is 0 Å². The third-order valence-electron chi connectivity index (χ3n) is 4.41. The van der Waals surface area contributed by atoms with Gasteiger partial charge in [-0.3, -0.25) is 4.79 Å². The molecule has 2 N–H and O–H groups in total. The Labute approximate surface area is 164 Å². The molecule has 3 aromatic rings. The fraction of sp³-hybridized carbons (Fsp3) is 0.190. The number of nitrogens with one attached hydrogen (secondary N) is 2. The van der Waals surface area contributed by atoms with Crippen molar-refractivity contribution in [3.63, 3.8) is 0 Å². The number of amides is 3. The Balaban J connectivity index is 1.59. The number of nitrogens with zero attached hydrogens (tertiary/aromatic N) is 3.